The summed E-state index contributed by atoms with van der Waals surface area (Å²) in [6.07, 6.45) is -0.300. The van der Waals surface area contributed by atoms with Crippen molar-refractivity contribution < 1.29 is 18.3 Å². The van der Waals surface area contributed by atoms with Gasteiger partial charge in [0.15, 0.2) is 0 Å². The van der Waals surface area contributed by atoms with Crippen LogP contribution < -0.4 is 0 Å². The van der Waals surface area contributed by atoms with Crippen molar-refractivity contribution in [2.45, 2.75) is 37.6 Å². The number of carboxylic acids is 1. The number of carboxylic acid groups (broad SMARTS) is 1. The van der Waals surface area contributed by atoms with Gasteiger partial charge in [0.1, 0.15) is 6.07 Å². The van der Waals surface area contributed by atoms with Gasteiger partial charge in [0.2, 0.25) is 10.0 Å². The maximum atomic E-state index is 12.8. The lowest BCUT2D eigenvalue weighted by Gasteiger charge is -2.34. The van der Waals surface area contributed by atoms with E-state index < -0.39 is 21.5 Å². The van der Waals surface area contributed by atoms with Gasteiger partial charge in [-0.05, 0) is 32.9 Å². The molecule has 1 rings (SSSR count). The number of aliphatic carboxylic acids is 1. The number of sulfonamides is 1. The SMILES string of the molecule is CC(C)(C)N(CCC(=O)O)S(=O)(=O)c1ccccc1C#N. The molecule has 0 atom stereocenters. The van der Waals surface area contributed by atoms with Crippen LogP contribution in [0.5, 0.6) is 0 Å². The molecule has 0 heterocycles. The fourth-order valence-electron chi connectivity index (χ4n) is 1.92. The third-order valence-corrected chi connectivity index (χ3v) is 5.07. The number of nitrogens with zero attached hydrogens (tertiary/aromatic N) is 2. The Morgan fingerprint density at radius 3 is 2.38 bits per heavy atom. The lowest BCUT2D eigenvalue weighted by molar-refractivity contribution is -0.137. The molecule has 1 aromatic carbocycles. The van der Waals surface area contributed by atoms with Crippen LogP contribution in [-0.2, 0) is 14.8 Å². The largest absolute Gasteiger partial charge is 0.481 e. The van der Waals surface area contributed by atoms with Gasteiger partial charge < -0.3 is 5.11 Å². The molecule has 0 amide bonds. The van der Waals surface area contributed by atoms with Crippen LogP contribution in [0.2, 0.25) is 0 Å². The highest BCUT2D eigenvalue weighted by molar-refractivity contribution is 7.89. The summed E-state index contributed by atoms with van der Waals surface area (Å²) >= 11 is 0. The standard InChI is InChI=1S/C14H18N2O4S/c1-14(2,3)16(9-8-13(17)18)21(19,20)12-7-5-4-6-11(12)10-15/h4-7H,8-9H2,1-3H3,(H,17,18). The van der Waals surface area contributed by atoms with Crippen LogP contribution in [0.1, 0.15) is 32.8 Å². The number of hydrogen-bond acceptors (Lipinski definition) is 4. The molecule has 1 aromatic rings. The molecule has 114 valence electrons. The summed E-state index contributed by atoms with van der Waals surface area (Å²) in [7, 11) is -3.95. The van der Waals surface area contributed by atoms with Gasteiger partial charge in [0, 0.05) is 12.1 Å². The second kappa shape index (κ2) is 6.24. The summed E-state index contributed by atoms with van der Waals surface area (Å²) in [5, 5.41) is 17.8. The van der Waals surface area contributed by atoms with Crippen molar-refractivity contribution in [2.24, 2.45) is 0 Å². The van der Waals surface area contributed by atoms with Gasteiger partial charge in [-0.3, -0.25) is 4.79 Å². The Hall–Kier alpha value is -1.91. The summed E-state index contributed by atoms with van der Waals surface area (Å²) in [6, 6.07) is 7.74. The van der Waals surface area contributed by atoms with Crippen molar-refractivity contribution in [3.63, 3.8) is 0 Å². The minimum absolute atomic E-state index is 0.0436. The molecule has 21 heavy (non-hydrogen) atoms. The smallest absolute Gasteiger partial charge is 0.304 e. The molecular weight excluding hydrogens is 292 g/mol. The van der Waals surface area contributed by atoms with Crippen LogP contribution in [0, 0.1) is 11.3 Å². The van der Waals surface area contributed by atoms with E-state index in [0.29, 0.717) is 0 Å². The number of hydrogen-bond donors (Lipinski definition) is 1. The van der Waals surface area contributed by atoms with Gasteiger partial charge in [-0.1, -0.05) is 12.1 Å². The summed E-state index contributed by atoms with van der Waals surface area (Å²) in [5.74, 6) is -1.08. The van der Waals surface area contributed by atoms with Crippen LogP contribution >= 0.6 is 0 Å². The van der Waals surface area contributed by atoms with Gasteiger partial charge in [-0.2, -0.15) is 9.57 Å². The molecule has 7 heteroatoms. The van der Waals surface area contributed by atoms with Crippen molar-refractivity contribution in [2.75, 3.05) is 6.54 Å². The minimum Gasteiger partial charge on any atom is -0.481 e. The Balaban J connectivity index is 3.35. The maximum Gasteiger partial charge on any atom is 0.304 e. The van der Waals surface area contributed by atoms with Gasteiger partial charge in [0.25, 0.3) is 0 Å². The monoisotopic (exact) mass is 310 g/mol. The summed E-state index contributed by atoms with van der Waals surface area (Å²) in [6.45, 7) is 4.89. The summed E-state index contributed by atoms with van der Waals surface area (Å²) < 4.78 is 26.6. The highest BCUT2D eigenvalue weighted by Gasteiger charge is 2.35. The lowest BCUT2D eigenvalue weighted by Crippen LogP contribution is -2.46. The number of nitriles is 1. The first-order chi connectivity index (χ1) is 9.60. The van der Waals surface area contributed by atoms with Gasteiger partial charge in [0.05, 0.1) is 16.9 Å². The lowest BCUT2D eigenvalue weighted by atomic mass is 10.1. The zero-order chi connectivity index (χ0) is 16.3. The highest BCUT2D eigenvalue weighted by atomic mass is 32.2. The molecule has 0 aliphatic rings. The average molecular weight is 310 g/mol. The van der Waals surface area contributed by atoms with Crippen LogP contribution in [0.3, 0.4) is 0 Å². The van der Waals surface area contributed by atoms with Crippen LogP contribution in [0.15, 0.2) is 29.2 Å². The molecule has 0 spiro atoms. The molecule has 0 aliphatic heterocycles. The minimum atomic E-state index is -3.95. The fourth-order valence-corrected chi connectivity index (χ4v) is 3.85. The second-order valence-corrected chi connectivity index (χ2v) is 7.33. The van der Waals surface area contributed by atoms with Crippen molar-refractivity contribution in [1.82, 2.24) is 4.31 Å². The van der Waals surface area contributed by atoms with Crippen molar-refractivity contribution >= 4 is 16.0 Å². The fraction of sp³-hybridized carbons (Fsp3) is 0.429. The molecule has 0 bridgehead atoms. The van der Waals surface area contributed by atoms with Crippen LogP contribution in [0.25, 0.3) is 0 Å². The van der Waals surface area contributed by atoms with Crippen molar-refractivity contribution in [3.8, 4) is 6.07 Å². The van der Waals surface area contributed by atoms with E-state index in [1.165, 1.54) is 18.2 Å². The normalized spacial score (nSPS) is 12.1. The Kier molecular flexibility index (Phi) is 5.10. The summed E-state index contributed by atoms with van der Waals surface area (Å²) in [4.78, 5) is 10.6. The molecule has 0 saturated carbocycles. The van der Waals surface area contributed by atoms with E-state index in [9.17, 15) is 13.2 Å². The predicted molar refractivity (Wildman–Crippen MR) is 77.1 cm³/mol. The van der Waals surface area contributed by atoms with Crippen molar-refractivity contribution in [3.05, 3.63) is 29.8 Å². The quantitative estimate of drug-likeness (QED) is 0.894. The van der Waals surface area contributed by atoms with Gasteiger partial charge in [-0.15, -0.1) is 0 Å². The van der Waals surface area contributed by atoms with Crippen molar-refractivity contribution in [1.29, 1.82) is 5.26 Å². The first-order valence-corrected chi connectivity index (χ1v) is 7.78. The second-order valence-electron chi connectivity index (χ2n) is 5.50. The molecule has 6 nitrogen and oxygen atoms in total. The third kappa shape index (κ3) is 4.03. The zero-order valence-corrected chi connectivity index (χ0v) is 13.0. The zero-order valence-electron chi connectivity index (χ0n) is 12.2. The molecule has 0 saturated heterocycles. The van der Waals surface area contributed by atoms with E-state index in [0.717, 1.165) is 4.31 Å². The molecule has 0 fully saturated rings. The molecule has 0 aliphatic carbocycles. The van der Waals surface area contributed by atoms with E-state index in [4.69, 9.17) is 10.4 Å². The van der Waals surface area contributed by atoms with Gasteiger partial charge in [-0.25, -0.2) is 8.42 Å². The Labute approximate surface area is 124 Å². The molecular formula is C14H18N2O4S. The van der Waals surface area contributed by atoms with E-state index in [-0.39, 0.29) is 23.4 Å². The predicted octanol–water partition coefficient (Wildman–Crippen LogP) is 1.82. The summed E-state index contributed by atoms with van der Waals surface area (Å²) in [5.41, 5.74) is -0.751. The van der Waals surface area contributed by atoms with E-state index in [2.05, 4.69) is 0 Å². The Bertz CT molecular complexity index is 669. The average Bonchev–Trinajstić information content (AvgIpc) is 2.36. The number of carbonyl (C=O) groups is 1. The topological polar surface area (TPSA) is 98.5 Å². The highest BCUT2D eigenvalue weighted by Crippen LogP contribution is 2.26. The van der Waals surface area contributed by atoms with E-state index in [1.54, 1.807) is 26.8 Å². The van der Waals surface area contributed by atoms with E-state index >= 15 is 0 Å². The Morgan fingerprint density at radius 2 is 1.90 bits per heavy atom. The van der Waals surface area contributed by atoms with Crippen LogP contribution in [0.4, 0.5) is 0 Å². The molecule has 0 radical (unpaired) electrons. The van der Waals surface area contributed by atoms with E-state index in [1.807, 2.05) is 6.07 Å². The maximum absolute atomic E-state index is 12.8. The first-order valence-electron chi connectivity index (χ1n) is 6.34. The number of rotatable bonds is 5. The molecule has 1 N–H and O–H groups in total. The van der Waals surface area contributed by atoms with Crippen LogP contribution in [-0.4, -0.2) is 35.9 Å². The first kappa shape index (κ1) is 17.1. The molecule has 0 aromatic heterocycles. The van der Waals surface area contributed by atoms with Gasteiger partial charge >= 0.3 is 5.97 Å². The third-order valence-electron chi connectivity index (χ3n) is 2.85. The Morgan fingerprint density at radius 1 is 1.33 bits per heavy atom. The molecule has 0 unspecified atom stereocenters. The number of benzene rings is 1.